The highest BCUT2D eigenvalue weighted by atomic mass is 16.5. The van der Waals surface area contributed by atoms with Crippen LogP contribution in [-0.4, -0.2) is 36.2 Å². The second kappa shape index (κ2) is 10.1. The minimum Gasteiger partial charge on any atom is -0.492 e. The SMILES string of the molecule is Cc1ccc(N2NN(C)c3ccc(CCC(=O)O)c(C)c32)cc1CN1CCOc2ccc(C#N)cc2C1. The molecule has 2 N–H and O–H groups in total. The monoisotopic (exact) mass is 497 g/mol. The highest BCUT2D eigenvalue weighted by Gasteiger charge is 2.28. The van der Waals surface area contributed by atoms with Crippen molar-refractivity contribution in [1.29, 1.82) is 5.26 Å². The lowest BCUT2D eigenvalue weighted by Crippen LogP contribution is -2.39. The number of nitriles is 1. The minimum absolute atomic E-state index is 0.107. The van der Waals surface area contributed by atoms with Crippen LogP contribution < -0.4 is 20.3 Å². The number of carbonyl (C=O) groups is 1. The average Bonchev–Trinajstić information content (AvgIpc) is 3.09. The molecular formula is C29H31N5O3. The largest absolute Gasteiger partial charge is 0.492 e. The third kappa shape index (κ3) is 4.96. The van der Waals surface area contributed by atoms with Gasteiger partial charge in [0.25, 0.3) is 0 Å². The Morgan fingerprint density at radius 2 is 1.97 bits per heavy atom. The Hall–Kier alpha value is -4.06. The summed E-state index contributed by atoms with van der Waals surface area (Å²) < 4.78 is 5.95. The number of hydrogen-bond donors (Lipinski definition) is 2. The summed E-state index contributed by atoms with van der Waals surface area (Å²) in [6.45, 7) is 7.05. The number of aryl methyl sites for hydroxylation is 2. The number of carboxylic acid groups (broad SMARTS) is 1. The molecule has 37 heavy (non-hydrogen) atoms. The number of carboxylic acids is 1. The molecule has 3 aromatic carbocycles. The maximum Gasteiger partial charge on any atom is 0.303 e. The van der Waals surface area contributed by atoms with Crippen LogP contribution in [0.25, 0.3) is 0 Å². The fraction of sp³-hybridized carbons (Fsp3) is 0.310. The Morgan fingerprint density at radius 3 is 2.76 bits per heavy atom. The fourth-order valence-corrected chi connectivity index (χ4v) is 5.09. The number of aliphatic carboxylic acids is 1. The summed E-state index contributed by atoms with van der Waals surface area (Å²) >= 11 is 0. The van der Waals surface area contributed by atoms with Gasteiger partial charge in [-0.15, -0.1) is 5.53 Å². The van der Waals surface area contributed by atoms with Gasteiger partial charge in [-0.2, -0.15) is 5.26 Å². The van der Waals surface area contributed by atoms with Gasteiger partial charge in [-0.05, 0) is 78.9 Å². The zero-order valence-electron chi connectivity index (χ0n) is 21.4. The number of hydrogen-bond acceptors (Lipinski definition) is 7. The fourth-order valence-electron chi connectivity index (χ4n) is 5.09. The molecule has 190 valence electrons. The van der Waals surface area contributed by atoms with Gasteiger partial charge in [-0.1, -0.05) is 12.1 Å². The van der Waals surface area contributed by atoms with E-state index in [1.807, 2.05) is 36.3 Å². The van der Waals surface area contributed by atoms with Crippen LogP contribution >= 0.6 is 0 Å². The summed E-state index contributed by atoms with van der Waals surface area (Å²) in [4.78, 5) is 13.5. The van der Waals surface area contributed by atoms with E-state index in [0.29, 0.717) is 25.1 Å². The summed E-state index contributed by atoms with van der Waals surface area (Å²) in [5, 5.41) is 22.5. The number of rotatable bonds is 6. The molecule has 0 radical (unpaired) electrons. The average molecular weight is 498 g/mol. The summed E-state index contributed by atoms with van der Waals surface area (Å²) in [5.74, 6) is 0.0580. The number of ether oxygens (including phenoxy) is 1. The van der Waals surface area contributed by atoms with Gasteiger partial charge in [0.05, 0.1) is 28.7 Å². The maximum atomic E-state index is 11.2. The van der Waals surface area contributed by atoms with Gasteiger partial charge in [-0.25, -0.2) is 0 Å². The quantitative estimate of drug-likeness (QED) is 0.511. The Kier molecular flexibility index (Phi) is 6.74. The van der Waals surface area contributed by atoms with Crippen molar-refractivity contribution < 1.29 is 14.6 Å². The number of fused-ring (bicyclic) bond motifs is 2. The molecule has 8 heteroatoms. The van der Waals surface area contributed by atoms with Crippen LogP contribution in [0.5, 0.6) is 5.75 Å². The van der Waals surface area contributed by atoms with E-state index in [1.165, 1.54) is 11.1 Å². The van der Waals surface area contributed by atoms with Gasteiger partial charge < -0.3 is 9.84 Å². The minimum atomic E-state index is -0.791. The van der Waals surface area contributed by atoms with Crippen LogP contribution in [0.1, 0.15) is 39.8 Å². The van der Waals surface area contributed by atoms with Crippen molar-refractivity contribution in [3.8, 4) is 11.8 Å². The topological polar surface area (TPSA) is 92.1 Å². The molecule has 3 aromatic rings. The standard InChI is InChI=1S/C29H31N5O3/c1-19-4-8-25(34-29-20(2)22(7-11-28(35)36)6-9-26(29)32(3)31-34)15-23(19)17-33-12-13-37-27-10-5-21(16-30)14-24(27)18-33/h4-6,8-10,14-15,31H,7,11-13,17-18H2,1-3H3,(H,35,36). The molecule has 2 heterocycles. The van der Waals surface area contributed by atoms with E-state index in [-0.39, 0.29) is 6.42 Å². The van der Waals surface area contributed by atoms with Gasteiger partial charge in [0.15, 0.2) is 0 Å². The molecule has 0 bridgehead atoms. The van der Waals surface area contributed by atoms with E-state index in [9.17, 15) is 10.1 Å². The van der Waals surface area contributed by atoms with Crippen LogP contribution in [-0.2, 0) is 24.3 Å². The lowest BCUT2D eigenvalue weighted by atomic mass is 10.00. The summed E-state index contributed by atoms with van der Waals surface area (Å²) in [5.41, 5.74) is 12.8. The second-order valence-electron chi connectivity index (χ2n) is 9.71. The third-order valence-corrected chi connectivity index (χ3v) is 7.20. The number of nitrogens with zero attached hydrogens (tertiary/aromatic N) is 4. The Bertz CT molecular complexity index is 1400. The molecule has 0 saturated heterocycles. The first kappa shape index (κ1) is 24.6. The van der Waals surface area contributed by atoms with Gasteiger partial charge >= 0.3 is 5.97 Å². The van der Waals surface area contributed by atoms with E-state index in [0.717, 1.165) is 52.6 Å². The predicted molar refractivity (Wildman–Crippen MR) is 143 cm³/mol. The molecule has 0 unspecified atom stereocenters. The zero-order chi connectivity index (χ0) is 26.1. The number of benzene rings is 3. The lowest BCUT2D eigenvalue weighted by Gasteiger charge is -2.25. The van der Waals surface area contributed by atoms with Crippen molar-refractivity contribution in [1.82, 2.24) is 10.4 Å². The molecule has 0 fully saturated rings. The molecule has 5 rings (SSSR count). The third-order valence-electron chi connectivity index (χ3n) is 7.20. The first-order valence-electron chi connectivity index (χ1n) is 12.5. The summed E-state index contributed by atoms with van der Waals surface area (Å²) in [7, 11) is 1.98. The zero-order valence-corrected chi connectivity index (χ0v) is 21.4. The number of anilines is 3. The first-order valence-corrected chi connectivity index (χ1v) is 12.5. The van der Waals surface area contributed by atoms with Gasteiger partial charge in [-0.3, -0.25) is 19.7 Å². The van der Waals surface area contributed by atoms with Crippen molar-refractivity contribution >= 4 is 23.0 Å². The van der Waals surface area contributed by atoms with Crippen LogP contribution in [0, 0.1) is 25.2 Å². The van der Waals surface area contributed by atoms with Crippen LogP contribution in [0.15, 0.2) is 48.5 Å². The number of nitrogens with one attached hydrogen (secondary N) is 1. The van der Waals surface area contributed by atoms with Crippen LogP contribution in [0.3, 0.4) is 0 Å². The molecular weight excluding hydrogens is 466 g/mol. The van der Waals surface area contributed by atoms with Gasteiger partial charge in [0, 0.05) is 38.7 Å². The van der Waals surface area contributed by atoms with E-state index < -0.39 is 5.97 Å². The molecule has 0 aliphatic carbocycles. The summed E-state index contributed by atoms with van der Waals surface area (Å²) in [6, 6.07) is 18.4. The normalized spacial score (nSPS) is 15.0. The van der Waals surface area contributed by atoms with Crippen molar-refractivity contribution in [2.75, 3.05) is 30.2 Å². The Morgan fingerprint density at radius 1 is 1.14 bits per heavy atom. The summed E-state index contributed by atoms with van der Waals surface area (Å²) in [6.07, 6.45) is 0.604. The van der Waals surface area contributed by atoms with E-state index >= 15 is 0 Å². The van der Waals surface area contributed by atoms with Crippen molar-refractivity contribution in [2.45, 2.75) is 39.8 Å². The van der Waals surface area contributed by atoms with Crippen LogP contribution in [0.4, 0.5) is 17.1 Å². The van der Waals surface area contributed by atoms with Gasteiger partial charge in [0.1, 0.15) is 12.4 Å². The molecule has 0 amide bonds. The molecule has 2 aliphatic heterocycles. The smallest absolute Gasteiger partial charge is 0.303 e. The highest BCUT2D eigenvalue weighted by Crippen LogP contribution is 2.42. The maximum absolute atomic E-state index is 11.2. The number of hydrazine groups is 2. The van der Waals surface area contributed by atoms with Crippen molar-refractivity contribution in [2.24, 2.45) is 0 Å². The van der Waals surface area contributed by atoms with E-state index in [2.05, 4.69) is 53.6 Å². The Balaban J connectivity index is 1.42. The Labute approximate surface area is 217 Å². The lowest BCUT2D eigenvalue weighted by molar-refractivity contribution is -0.136. The molecule has 0 spiro atoms. The van der Waals surface area contributed by atoms with Crippen LogP contribution in [0.2, 0.25) is 0 Å². The first-order chi connectivity index (χ1) is 17.8. The molecule has 0 atom stereocenters. The van der Waals surface area contributed by atoms with Crippen molar-refractivity contribution in [3.05, 3.63) is 81.9 Å². The predicted octanol–water partition coefficient (Wildman–Crippen LogP) is 4.59. The molecule has 8 nitrogen and oxygen atoms in total. The molecule has 0 saturated carbocycles. The second-order valence-corrected chi connectivity index (χ2v) is 9.71. The van der Waals surface area contributed by atoms with E-state index in [4.69, 9.17) is 9.84 Å². The molecule has 2 aliphatic rings. The van der Waals surface area contributed by atoms with E-state index in [1.54, 1.807) is 6.07 Å². The van der Waals surface area contributed by atoms with Gasteiger partial charge in [0.2, 0.25) is 0 Å². The molecule has 0 aromatic heterocycles. The van der Waals surface area contributed by atoms with Crippen molar-refractivity contribution in [3.63, 3.8) is 0 Å². The highest BCUT2D eigenvalue weighted by molar-refractivity contribution is 5.84.